The number of hydrogen-bond acceptors (Lipinski definition) is 1. The van der Waals surface area contributed by atoms with Crippen molar-refractivity contribution in [3.05, 3.63) is 94.0 Å². The van der Waals surface area contributed by atoms with E-state index >= 15 is 0 Å². The number of halogens is 1. The summed E-state index contributed by atoms with van der Waals surface area (Å²) in [7, 11) is 0. The van der Waals surface area contributed by atoms with Gasteiger partial charge in [-0.2, -0.15) is 0 Å². The number of fused-ring (bicyclic) bond motifs is 3. The fourth-order valence-corrected chi connectivity index (χ4v) is 5.24. The predicted molar refractivity (Wildman–Crippen MR) is 125 cm³/mol. The van der Waals surface area contributed by atoms with Gasteiger partial charge in [0.2, 0.25) is 0 Å². The molecule has 0 heterocycles. The van der Waals surface area contributed by atoms with Crippen molar-refractivity contribution in [1.82, 2.24) is 0 Å². The van der Waals surface area contributed by atoms with Gasteiger partial charge in [-0.1, -0.05) is 95.9 Å². The van der Waals surface area contributed by atoms with Gasteiger partial charge in [0, 0.05) is 23.1 Å². The monoisotopic (exact) mass is 448 g/mol. The Morgan fingerprint density at radius 1 is 0.759 bits per heavy atom. The maximum Gasteiger partial charge on any atom is 0.0465 e. The van der Waals surface area contributed by atoms with Crippen LogP contribution in [0.5, 0.6) is 0 Å². The van der Waals surface area contributed by atoms with Crippen LogP contribution >= 0.6 is 15.9 Å². The second-order valence-corrected chi connectivity index (χ2v) is 8.78. The fourth-order valence-electron chi connectivity index (χ4n) is 4.88. The third-order valence-electron chi connectivity index (χ3n) is 6.18. The van der Waals surface area contributed by atoms with Crippen LogP contribution in [-0.2, 0) is 10.2 Å². The van der Waals surface area contributed by atoms with Gasteiger partial charge in [0.25, 0.3) is 0 Å². The molecule has 0 saturated carbocycles. The Hall–Kier alpha value is -1.90. The zero-order valence-electron chi connectivity index (χ0n) is 17.2. The van der Waals surface area contributed by atoms with Gasteiger partial charge in [0.05, 0.1) is 0 Å². The first-order chi connectivity index (χ1) is 14.3. The second kappa shape index (κ2) is 9.28. The van der Waals surface area contributed by atoms with E-state index in [4.69, 9.17) is 4.74 Å². The van der Waals surface area contributed by atoms with Crippen LogP contribution in [0.1, 0.15) is 55.7 Å². The zero-order chi connectivity index (χ0) is 20.1. The van der Waals surface area contributed by atoms with Gasteiger partial charge in [0.15, 0.2) is 0 Å². The number of hydrogen-bond donors (Lipinski definition) is 0. The summed E-state index contributed by atoms with van der Waals surface area (Å²) in [5, 5.41) is 0. The number of ether oxygens (including phenoxy) is 1. The fraction of sp³-hybridized carbons (Fsp3) is 0.333. The maximum atomic E-state index is 5.50. The predicted octanol–water partition coefficient (Wildman–Crippen LogP) is 7.75. The van der Waals surface area contributed by atoms with Crippen molar-refractivity contribution in [2.45, 2.75) is 44.4 Å². The summed E-state index contributed by atoms with van der Waals surface area (Å²) in [5.41, 5.74) is 6.98. The molecule has 4 rings (SSSR count). The van der Waals surface area contributed by atoms with Crippen LogP contribution in [0.2, 0.25) is 0 Å². The average Bonchev–Trinajstić information content (AvgIpc) is 3.04. The first-order valence-corrected chi connectivity index (χ1v) is 11.6. The molecule has 1 nitrogen and oxygen atoms in total. The van der Waals surface area contributed by atoms with Crippen LogP contribution < -0.4 is 0 Å². The van der Waals surface area contributed by atoms with E-state index in [1.165, 1.54) is 47.1 Å². The summed E-state index contributed by atoms with van der Waals surface area (Å²) in [4.78, 5) is 0. The summed E-state index contributed by atoms with van der Waals surface area (Å²) in [5.74, 6) is 0. The van der Waals surface area contributed by atoms with Crippen LogP contribution in [-0.4, -0.2) is 13.2 Å². The molecule has 3 aromatic carbocycles. The molecule has 0 aromatic heterocycles. The van der Waals surface area contributed by atoms with Crippen LogP contribution in [0, 0.1) is 0 Å². The van der Waals surface area contributed by atoms with E-state index in [9.17, 15) is 0 Å². The second-order valence-electron chi connectivity index (χ2n) is 7.87. The van der Waals surface area contributed by atoms with Gasteiger partial charge in [-0.05, 0) is 59.7 Å². The van der Waals surface area contributed by atoms with Crippen molar-refractivity contribution in [2.75, 3.05) is 13.2 Å². The van der Waals surface area contributed by atoms with Crippen molar-refractivity contribution in [2.24, 2.45) is 0 Å². The first kappa shape index (κ1) is 20.4. The molecule has 0 fully saturated rings. The largest absolute Gasteiger partial charge is 0.382 e. The highest BCUT2D eigenvalue weighted by atomic mass is 79.9. The van der Waals surface area contributed by atoms with Gasteiger partial charge in [-0.3, -0.25) is 0 Å². The lowest BCUT2D eigenvalue weighted by molar-refractivity contribution is 0.143. The van der Waals surface area contributed by atoms with Crippen LogP contribution in [0.15, 0.2) is 77.3 Å². The third kappa shape index (κ3) is 3.93. The van der Waals surface area contributed by atoms with Crippen molar-refractivity contribution in [3.63, 3.8) is 0 Å². The topological polar surface area (TPSA) is 9.23 Å². The van der Waals surface area contributed by atoms with Crippen molar-refractivity contribution in [3.8, 4) is 11.1 Å². The molecule has 0 saturated heterocycles. The highest BCUT2D eigenvalue weighted by molar-refractivity contribution is 9.10. The quantitative estimate of drug-likeness (QED) is 0.304. The molecule has 1 aliphatic rings. The minimum atomic E-state index is -0.0725. The lowest BCUT2D eigenvalue weighted by Gasteiger charge is -2.33. The Bertz CT molecular complexity index is 950. The Morgan fingerprint density at radius 3 is 2.31 bits per heavy atom. The van der Waals surface area contributed by atoms with Crippen molar-refractivity contribution < 1.29 is 4.74 Å². The van der Waals surface area contributed by atoms with Gasteiger partial charge in [-0.15, -0.1) is 0 Å². The molecule has 3 aromatic rings. The highest BCUT2D eigenvalue weighted by Gasteiger charge is 2.43. The van der Waals surface area contributed by atoms with E-state index in [1.54, 1.807) is 0 Å². The molecule has 1 atom stereocenters. The normalized spacial score (nSPS) is 17.2. The Balaban J connectivity index is 1.71. The Kier molecular flexibility index (Phi) is 6.52. The van der Waals surface area contributed by atoms with Crippen LogP contribution in [0.3, 0.4) is 0 Å². The van der Waals surface area contributed by atoms with Crippen molar-refractivity contribution in [1.29, 1.82) is 0 Å². The minimum absolute atomic E-state index is 0.0725. The molecule has 0 radical (unpaired) electrons. The van der Waals surface area contributed by atoms with Gasteiger partial charge in [-0.25, -0.2) is 0 Å². The zero-order valence-corrected chi connectivity index (χ0v) is 18.8. The van der Waals surface area contributed by atoms with E-state index in [1.807, 2.05) is 0 Å². The minimum Gasteiger partial charge on any atom is -0.382 e. The number of benzene rings is 3. The average molecular weight is 449 g/mol. The SMILES string of the molecule is CCOCCCCCCC1(c2ccccc2)c2ccccc2-c2ccc(Br)cc21. The molecule has 0 N–H and O–H groups in total. The van der Waals surface area contributed by atoms with Crippen LogP contribution in [0.4, 0.5) is 0 Å². The number of rotatable bonds is 9. The standard InChI is InChI=1S/C27H29BrO/c1-2-29-19-11-4-3-10-18-27(21-12-6-5-7-13-21)25-15-9-8-14-23(25)24-17-16-22(28)20-26(24)27/h5-9,12-17,20H,2-4,10-11,18-19H2,1H3. The summed E-state index contributed by atoms with van der Waals surface area (Å²) >= 11 is 3.74. The van der Waals surface area contributed by atoms with E-state index in [0.717, 1.165) is 30.5 Å². The van der Waals surface area contributed by atoms with Gasteiger partial charge in [0.1, 0.15) is 0 Å². The maximum absolute atomic E-state index is 5.50. The lowest BCUT2D eigenvalue weighted by Crippen LogP contribution is -2.27. The lowest BCUT2D eigenvalue weighted by atomic mass is 9.69. The number of unbranched alkanes of at least 4 members (excludes halogenated alkanes) is 3. The van der Waals surface area contributed by atoms with E-state index in [0.29, 0.717) is 0 Å². The summed E-state index contributed by atoms with van der Waals surface area (Å²) in [6.07, 6.45) is 5.98. The molecule has 29 heavy (non-hydrogen) atoms. The van der Waals surface area contributed by atoms with Crippen LogP contribution in [0.25, 0.3) is 11.1 Å². The Morgan fingerprint density at radius 2 is 1.48 bits per heavy atom. The molecule has 2 heteroatoms. The summed E-state index contributed by atoms with van der Waals surface area (Å²) in [6.45, 7) is 3.77. The third-order valence-corrected chi connectivity index (χ3v) is 6.67. The molecule has 0 spiro atoms. The van der Waals surface area contributed by atoms with Gasteiger partial charge < -0.3 is 4.74 Å². The van der Waals surface area contributed by atoms with E-state index < -0.39 is 0 Å². The molecule has 1 unspecified atom stereocenters. The van der Waals surface area contributed by atoms with Crippen molar-refractivity contribution >= 4 is 15.9 Å². The van der Waals surface area contributed by atoms with Gasteiger partial charge >= 0.3 is 0 Å². The molecule has 0 bridgehead atoms. The molecule has 0 aliphatic heterocycles. The molecule has 1 aliphatic carbocycles. The van der Waals surface area contributed by atoms with E-state index in [-0.39, 0.29) is 5.41 Å². The molecule has 0 amide bonds. The molecular formula is C27H29BrO. The smallest absolute Gasteiger partial charge is 0.0465 e. The Labute approximate surface area is 183 Å². The molecule has 150 valence electrons. The molecular weight excluding hydrogens is 420 g/mol. The summed E-state index contributed by atoms with van der Waals surface area (Å²) < 4.78 is 6.66. The van der Waals surface area contributed by atoms with E-state index in [2.05, 4.69) is 95.7 Å². The highest BCUT2D eigenvalue weighted by Crippen LogP contribution is 2.55. The first-order valence-electron chi connectivity index (χ1n) is 10.8. The summed E-state index contributed by atoms with van der Waals surface area (Å²) in [6, 6.07) is 26.9.